The van der Waals surface area contributed by atoms with Crippen LogP contribution in [0.15, 0.2) is 41.3 Å². The largest absolute Gasteiger partial charge is 0.399 e. The van der Waals surface area contributed by atoms with Crippen LogP contribution in [-0.2, 0) is 10.0 Å². The molecule has 0 aliphatic carbocycles. The molecule has 0 aliphatic rings. The minimum Gasteiger partial charge on any atom is -0.399 e. The zero-order valence-corrected chi connectivity index (χ0v) is 12.1. The second kappa shape index (κ2) is 5.30. The summed E-state index contributed by atoms with van der Waals surface area (Å²) >= 11 is 5.85. The maximum Gasteiger partial charge on any atom is 0.263 e. The number of nitrogens with one attached hydrogen (secondary N) is 1. The SMILES string of the molecule is Cc1ccc(NS(=O)(=O)c2cc(N)ccc2Cl)cc1F. The first-order chi connectivity index (χ1) is 9.29. The molecule has 0 atom stereocenters. The zero-order valence-electron chi connectivity index (χ0n) is 10.5. The Labute approximate surface area is 121 Å². The van der Waals surface area contributed by atoms with Crippen LogP contribution in [0.2, 0.25) is 5.02 Å². The van der Waals surface area contributed by atoms with Crippen LogP contribution in [0, 0.1) is 12.7 Å². The second-order valence-electron chi connectivity index (χ2n) is 4.26. The van der Waals surface area contributed by atoms with Gasteiger partial charge in [-0.1, -0.05) is 17.7 Å². The Bertz CT molecular complexity index is 763. The standard InChI is InChI=1S/C13H12ClFN2O2S/c1-8-2-4-10(7-12(8)15)17-20(18,19)13-6-9(16)3-5-11(13)14/h2-7,17H,16H2,1H3. The molecule has 0 radical (unpaired) electrons. The molecule has 2 aromatic carbocycles. The molecule has 7 heteroatoms. The van der Waals surface area contributed by atoms with E-state index >= 15 is 0 Å². The van der Waals surface area contributed by atoms with Crippen molar-refractivity contribution in [3.05, 3.63) is 52.8 Å². The van der Waals surface area contributed by atoms with Gasteiger partial charge in [0.15, 0.2) is 0 Å². The van der Waals surface area contributed by atoms with Gasteiger partial charge < -0.3 is 5.73 Å². The molecular formula is C13H12ClFN2O2S. The molecule has 0 bridgehead atoms. The Morgan fingerprint density at radius 2 is 1.90 bits per heavy atom. The van der Waals surface area contributed by atoms with Crippen LogP contribution < -0.4 is 10.5 Å². The van der Waals surface area contributed by atoms with E-state index in [0.29, 0.717) is 5.56 Å². The molecule has 106 valence electrons. The minimum absolute atomic E-state index is 0.0410. The first-order valence-corrected chi connectivity index (χ1v) is 7.50. The molecule has 0 saturated carbocycles. The van der Waals surface area contributed by atoms with E-state index in [-0.39, 0.29) is 21.3 Å². The highest BCUT2D eigenvalue weighted by Crippen LogP contribution is 2.26. The maximum atomic E-state index is 13.4. The molecule has 3 N–H and O–H groups in total. The van der Waals surface area contributed by atoms with Crippen molar-refractivity contribution in [2.45, 2.75) is 11.8 Å². The van der Waals surface area contributed by atoms with Crippen LogP contribution in [0.5, 0.6) is 0 Å². The fraction of sp³-hybridized carbons (Fsp3) is 0.0769. The molecule has 4 nitrogen and oxygen atoms in total. The first-order valence-electron chi connectivity index (χ1n) is 5.63. The smallest absolute Gasteiger partial charge is 0.263 e. The summed E-state index contributed by atoms with van der Waals surface area (Å²) in [6.45, 7) is 1.59. The molecule has 0 fully saturated rings. The summed E-state index contributed by atoms with van der Waals surface area (Å²) in [6, 6.07) is 8.18. The third-order valence-corrected chi connectivity index (χ3v) is 4.53. The lowest BCUT2D eigenvalue weighted by Gasteiger charge is -2.10. The van der Waals surface area contributed by atoms with Crippen LogP contribution in [-0.4, -0.2) is 8.42 Å². The molecule has 0 aliphatic heterocycles. The second-order valence-corrected chi connectivity index (χ2v) is 6.32. The van der Waals surface area contributed by atoms with Crippen molar-refractivity contribution in [1.29, 1.82) is 0 Å². The quantitative estimate of drug-likeness (QED) is 0.855. The van der Waals surface area contributed by atoms with Gasteiger partial charge in [-0.25, -0.2) is 12.8 Å². The van der Waals surface area contributed by atoms with Crippen molar-refractivity contribution in [1.82, 2.24) is 0 Å². The summed E-state index contributed by atoms with van der Waals surface area (Å²) in [5, 5.41) is 0.0410. The van der Waals surface area contributed by atoms with Gasteiger partial charge in [0.1, 0.15) is 10.7 Å². The number of rotatable bonds is 3. The van der Waals surface area contributed by atoms with Crippen molar-refractivity contribution in [3.8, 4) is 0 Å². The van der Waals surface area contributed by atoms with Crippen molar-refractivity contribution >= 4 is 33.0 Å². The predicted molar refractivity (Wildman–Crippen MR) is 77.8 cm³/mol. The first kappa shape index (κ1) is 14.6. The van der Waals surface area contributed by atoms with Crippen LogP contribution in [0.3, 0.4) is 0 Å². The van der Waals surface area contributed by atoms with E-state index in [4.69, 9.17) is 17.3 Å². The third kappa shape index (κ3) is 3.02. The Morgan fingerprint density at radius 1 is 1.20 bits per heavy atom. The summed E-state index contributed by atoms with van der Waals surface area (Å²) in [5.41, 5.74) is 6.36. The van der Waals surface area contributed by atoms with Gasteiger partial charge in [-0.05, 0) is 42.8 Å². The molecule has 0 spiro atoms. The fourth-order valence-corrected chi connectivity index (χ4v) is 3.18. The number of sulfonamides is 1. The summed E-state index contributed by atoms with van der Waals surface area (Å²) in [7, 11) is -3.92. The van der Waals surface area contributed by atoms with E-state index in [9.17, 15) is 12.8 Å². The molecule has 0 amide bonds. The lowest BCUT2D eigenvalue weighted by atomic mass is 10.2. The van der Waals surface area contributed by atoms with E-state index in [1.54, 1.807) is 6.92 Å². The van der Waals surface area contributed by atoms with Gasteiger partial charge in [0, 0.05) is 5.69 Å². The third-order valence-electron chi connectivity index (χ3n) is 2.67. The Hall–Kier alpha value is -1.79. The predicted octanol–water partition coefficient (Wildman–Crippen LogP) is 3.17. The lowest BCUT2D eigenvalue weighted by molar-refractivity contribution is 0.601. The van der Waals surface area contributed by atoms with Gasteiger partial charge in [0.05, 0.1) is 10.7 Å². The lowest BCUT2D eigenvalue weighted by Crippen LogP contribution is -2.14. The number of nitrogens with two attached hydrogens (primary N) is 1. The fourth-order valence-electron chi connectivity index (χ4n) is 1.59. The molecule has 0 saturated heterocycles. The zero-order chi connectivity index (χ0) is 14.9. The van der Waals surface area contributed by atoms with E-state index in [0.717, 1.165) is 6.07 Å². The summed E-state index contributed by atoms with van der Waals surface area (Å²) < 4.78 is 40.1. The molecule has 2 rings (SSSR count). The number of benzene rings is 2. The molecular weight excluding hydrogens is 303 g/mol. The molecule has 0 heterocycles. The van der Waals surface area contributed by atoms with Gasteiger partial charge in [-0.2, -0.15) is 0 Å². The highest BCUT2D eigenvalue weighted by molar-refractivity contribution is 7.92. The number of nitrogen functional groups attached to an aromatic ring is 1. The van der Waals surface area contributed by atoms with Crippen molar-refractivity contribution in [3.63, 3.8) is 0 Å². The normalized spacial score (nSPS) is 11.3. The maximum absolute atomic E-state index is 13.4. The summed E-state index contributed by atoms with van der Waals surface area (Å²) in [6.07, 6.45) is 0. The monoisotopic (exact) mass is 314 g/mol. The highest BCUT2D eigenvalue weighted by atomic mass is 35.5. The average molecular weight is 315 g/mol. The number of aryl methyl sites for hydroxylation is 1. The Balaban J connectivity index is 2.40. The number of anilines is 2. The van der Waals surface area contributed by atoms with Crippen molar-refractivity contribution in [2.75, 3.05) is 10.5 Å². The molecule has 2 aromatic rings. The van der Waals surface area contributed by atoms with Gasteiger partial charge in [-0.3, -0.25) is 4.72 Å². The van der Waals surface area contributed by atoms with Crippen LogP contribution in [0.1, 0.15) is 5.56 Å². The van der Waals surface area contributed by atoms with E-state index in [1.165, 1.54) is 30.3 Å². The Morgan fingerprint density at radius 3 is 2.55 bits per heavy atom. The van der Waals surface area contributed by atoms with Gasteiger partial charge >= 0.3 is 0 Å². The van der Waals surface area contributed by atoms with Crippen LogP contribution >= 0.6 is 11.6 Å². The van der Waals surface area contributed by atoms with Crippen LogP contribution in [0.4, 0.5) is 15.8 Å². The van der Waals surface area contributed by atoms with E-state index in [2.05, 4.69) is 4.72 Å². The average Bonchev–Trinajstić information content (AvgIpc) is 2.36. The number of hydrogen-bond donors (Lipinski definition) is 2. The van der Waals surface area contributed by atoms with E-state index < -0.39 is 15.8 Å². The van der Waals surface area contributed by atoms with Crippen molar-refractivity contribution < 1.29 is 12.8 Å². The highest BCUT2D eigenvalue weighted by Gasteiger charge is 2.18. The summed E-state index contributed by atoms with van der Waals surface area (Å²) in [5.74, 6) is -0.496. The molecule has 0 unspecified atom stereocenters. The topological polar surface area (TPSA) is 72.2 Å². The molecule has 20 heavy (non-hydrogen) atoms. The van der Waals surface area contributed by atoms with Crippen molar-refractivity contribution in [2.24, 2.45) is 0 Å². The van der Waals surface area contributed by atoms with Crippen LogP contribution in [0.25, 0.3) is 0 Å². The van der Waals surface area contributed by atoms with Gasteiger partial charge in [0.25, 0.3) is 10.0 Å². The summed E-state index contributed by atoms with van der Waals surface area (Å²) in [4.78, 5) is -0.153. The number of halogens is 2. The molecule has 0 aromatic heterocycles. The number of hydrogen-bond acceptors (Lipinski definition) is 3. The van der Waals surface area contributed by atoms with E-state index in [1.807, 2.05) is 0 Å². The Kier molecular flexibility index (Phi) is 3.87. The minimum atomic E-state index is -3.92. The van der Waals surface area contributed by atoms with Gasteiger partial charge in [0.2, 0.25) is 0 Å². The van der Waals surface area contributed by atoms with Gasteiger partial charge in [-0.15, -0.1) is 0 Å².